The van der Waals surface area contributed by atoms with Crippen LogP contribution in [0, 0.1) is 0 Å². The Morgan fingerprint density at radius 1 is 1.10 bits per heavy atom. The Hall–Kier alpha value is 0.0684. The second kappa shape index (κ2) is 2.98. The van der Waals surface area contributed by atoms with Gasteiger partial charge in [-0.25, -0.2) is 0 Å². The van der Waals surface area contributed by atoms with Crippen LogP contribution in [0.4, 0.5) is 0 Å². The van der Waals surface area contributed by atoms with Crippen LogP contribution in [-0.4, -0.2) is 12.6 Å². The third-order valence-electron chi connectivity index (χ3n) is 1.46. The molecule has 0 aliphatic rings. The molecular weight excluding hydrogens is 206 g/mol. The average molecular weight is 219 g/mol. The van der Waals surface area contributed by atoms with Crippen molar-refractivity contribution in [2.24, 2.45) is 0 Å². The molecule has 0 radical (unpaired) electrons. The van der Waals surface area contributed by atoms with Crippen molar-refractivity contribution in [1.82, 2.24) is 0 Å². The van der Waals surface area contributed by atoms with Gasteiger partial charge in [0.1, 0.15) is 0 Å². The van der Waals surface area contributed by atoms with Crippen LogP contribution in [0.15, 0.2) is 30.3 Å². The summed E-state index contributed by atoms with van der Waals surface area (Å²) in [6.45, 7) is 0. The van der Waals surface area contributed by atoms with E-state index in [4.69, 9.17) is 9.95 Å². The molecule has 0 aliphatic heterocycles. The molecule has 0 saturated heterocycles. The van der Waals surface area contributed by atoms with E-state index in [1.165, 1.54) is 4.35 Å². The fourth-order valence-corrected chi connectivity index (χ4v) is 3.56. The van der Waals surface area contributed by atoms with Crippen LogP contribution in [0.25, 0.3) is 0 Å². The Morgan fingerprint density at radius 3 is 1.90 bits per heavy atom. The zero-order valence-electron chi connectivity index (χ0n) is 6.26. The molecule has 0 unspecified atom stereocenters. The Kier molecular flexibility index (Phi) is 2.44. The molecule has 0 heterocycles. The standard InChI is InChI=1S/C8H12AsCl/c1-9(2,10)8-6-4-3-5-7-8/h3-7,9H,1-2H3. The normalized spacial score (nSPS) is 13.1. The van der Waals surface area contributed by atoms with Crippen molar-refractivity contribution in [3.05, 3.63) is 30.3 Å². The summed E-state index contributed by atoms with van der Waals surface area (Å²) in [6, 6.07) is 10.4. The minimum absolute atomic E-state index is 1.35. The van der Waals surface area contributed by atoms with E-state index >= 15 is 0 Å². The maximum atomic E-state index is 6.25. The molecule has 1 rings (SSSR count). The zero-order chi connectivity index (χ0) is 7.61. The molecule has 0 bridgehead atoms. The van der Waals surface area contributed by atoms with E-state index in [0.717, 1.165) is 0 Å². The van der Waals surface area contributed by atoms with Crippen LogP contribution in [0.5, 0.6) is 0 Å². The molecule has 2 heteroatoms. The molecule has 0 aliphatic carbocycles. The molecule has 1 aromatic rings. The SMILES string of the molecule is C[AsH](C)(Cl)c1ccccc1. The molecule has 0 amide bonds. The molecule has 0 spiro atoms. The first kappa shape index (κ1) is 8.17. The van der Waals surface area contributed by atoms with E-state index < -0.39 is 12.6 Å². The summed E-state index contributed by atoms with van der Waals surface area (Å²) in [6.07, 6.45) is 0. The van der Waals surface area contributed by atoms with E-state index in [9.17, 15) is 0 Å². The molecule has 56 valence electrons. The molecule has 1 aromatic carbocycles. The van der Waals surface area contributed by atoms with Crippen molar-refractivity contribution < 1.29 is 0 Å². The van der Waals surface area contributed by atoms with Crippen molar-refractivity contribution in [2.75, 3.05) is 0 Å². The van der Waals surface area contributed by atoms with Crippen LogP contribution in [0.1, 0.15) is 0 Å². The van der Waals surface area contributed by atoms with E-state index in [0.29, 0.717) is 0 Å². The first-order valence-corrected chi connectivity index (χ1v) is 11.4. The summed E-state index contributed by atoms with van der Waals surface area (Å²) in [7, 11) is 6.25. The second-order valence-electron chi connectivity index (χ2n) is 2.84. The second-order valence-corrected chi connectivity index (χ2v) is 15.1. The molecule has 0 atom stereocenters. The first-order valence-electron chi connectivity index (χ1n) is 3.35. The third kappa shape index (κ3) is 2.04. The van der Waals surface area contributed by atoms with Gasteiger partial charge in [-0.1, -0.05) is 0 Å². The summed E-state index contributed by atoms with van der Waals surface area (Å²) in [4.78, 5) is 0. The van der Waals surface area contributed by atoms with Crippen molar-refractivity contribution in [2.45, 2.75) is 11.4 Å². The predicted molar refractivity (Wildman–Crippen MR) is 50.8 cm³/mol. The van der Waals surface area contributed by atoms with Crippen molar-refractivity contribution in [1.29, 1.82) is 0 Å². The first-order chi connectivity index (χ1) is 4.61. The number of benzene rings is 1. The predicted octanol–water partition coefficient (Wildman–Crippen LogP) is 2.07. The molecule has 0 aromatic heterocycles. The van der Waals surface area contributed by atoms with Gasteiger partial charge in [-0.2, -0.15) is 0 Å². The molecular formula is C8H12AsCl. The minimum atomic E-state index is -2.03. The molecule has 10 heavy (non-hydrogen) atoms. The topological polar surface area (TPSA) is 0 Å². The van der Waals surface area contributed by atoms with Gasteiger partial charge in [-0.3, -0.25) is 0 Å². The molecule has 0 N–H and O–H groups in total. The number of rotatable bonds is 1. The fourth-order valence-electron chi connectivity index (χ4n) is 0.834. The summed E-state index contributed by atoms with van der Waals surface area (Å²) in [5.74, 6) is 0. The zero-order valence-corrected chi connectivity index (χ0v) is 9.12. The third-order valence-corrected chi connectivity index (χ3v) is 6.17. The van der Waals surface area contributed by atoms with Gasteiger partial charge in [0.25, 0.3) is 0 Å². The van der Waals surface area contributed by atoms with E-state index in [-0.39, 0.29) is 0 Å². The van der Waals surface area contributed by atoms with Gasteiger partial charge in [0, 0.05) is 0 Å². The molecule has 0 nitrogen and oxygen atoms in total. The van der Waals surface area contributed by atoms with Gasteiger partial charge in [0.15, 0.2) is 0 Å². The summed E-state index contributed by atoms with van der Waals surface area (Å²) in [5.41, 5.74) is 4.35. The van der Waals surface area contributed by atoms with Crippen LogP contribution in [0.3, 0.4) is 0 Å². The van der Waals surface area contributed by atoms with Gasteiger partial charge in [0.2, 0.25) is 0 Å². The fraction of sp³-hybridized carbons (Fsp3) is 0.250. The van der Waals surface area contributed by atoms with Gasteiger partial charge >= 0.3 is 68.7 Å². The van der Waals surface area contributed by atoms with Gasteiger partial charge in [-0.05, 0) is 0 Å². The molecule has 0 fully saturated rings. The summed E-state index contributed by atoms with van der Waals surface area (Å²) in [5, 5.41) is 0. The van der Waals surface area contributed by atoms with Crippen LogP contribution < -0.4 is 4.35 Å². The van der Waals surface area contributed by atoms with Gasteiger partial charge < -0.3 is 0 Å². The molecule has 0 saturated carbocycles. The van der Waals surface area contributed by atoms with E-state index in [2.05, 4.69) is 23.6 Å². The quantitative estimate of drug-likeness (QED) is 0.633. The summed E-state index contributed by atoms with van der Waals surface area (Å²) < 4.78 is 1.35. The summed E-state index contributed by atoms with van der Waals surface area (Å²) >= 11 is -2.03. The van der Waals surface area contributed by atoms with Gasteiger partial charge in [-0.15, -0.1) is 0 Å². The van der Waals surface area contributed by atoms with Crippen molar-refractivity contribution in [3.8, 4) is 0 Å². The van der Waals surface area contributed by atoms with E-state index in [1.54, 1.807) is 0 Å². The van der Waals surface area contributed by atoms with Crippen molar-refractivity contribution in [3.63, 3.8) is 0 Å². The number of hydrogen-bond donors (Lipinski definition) is 0. The number of halogens is 1. The Morgan fingerprint density at radius 2 is 1.60 bits per heavy atom. The van der Waals surface area contributed by atoms with Crippen molar-refractivity contribution >= 4 is 26.9 Å². The Labute approximate surface area is 68.8 Å². The van der Waals surface area contributed by atoms with Crippen LogP contribution in [-0.2, 0) is 0 Å². The Bertz CT molecular complexity index is 200. The number of hydrogen-bond acceptors (Lipinski definition) is 0. The van der Waals surface area contributed by atoms with E-state index in [1.807, 2.05) is 18.2 Å². The maximum absolute atomic E-state index is 6.25. The van der Waals surface area contributed by atoms with Crippen LogP contribution >= 0.6 is 9.95 Å². The Balaban J connectivity index is 2.97. The monoisotopic (exact) mass is 218 g/mol. The van der Waals surface area contributed by atoms with Gasteiger partial charge in [0.05, 0.1) is 0 Å². The average Bonchev–Trinajstić information content (AvgIpc) is 1.88. The van der Waals surface area contributed by atoms with Crippen LogP contribution in [0.2, 0.25) is 11.4 Å².